The van der Waals surface area contributed by atoms with Crippen molar-refractivity contribution in [3.63, 3.8) is 0 Å². The van der Waals surface area contributed by atoms with Gasteiger partial charge in [-0.05, 0) is 30.2 Å². The summed E-state index contributed by atoms with van der Waals surface area (Å²) in [5.74, 6) is -0.239. The molecule has 2 aromatic carbocycles. The lowest BCUT2D eigenvalue weighted by atomic mass is 10.0. The number of fused-ring (bicyclic) bond motifs is 1. The van der Waals surface area contributed by atoms with Gasteiger partial charge >= 0.3 is 5.97 Å². The maximum Gasteiger partial charge on any atom is 0.328 e. The zero-order chi connectivity index (χ0) is 19.2. The molecule has 0 aliphatic heterocycles. The average Bonchev–Trinajstić information content (AvgIpc) is 3.09. The van der Waals surface area contributed by atoms with Gasteiger partial charge in [0.2, 0.25) is 0 Å². The maximum atomic E-state index is 12.3. The third-order valence-electron chi connectivity index (χ3n) is 4.37. The fourth-order valence-electron chi connectivity index (χ4n) is 2.95. The van der Waals surface area contributed by atoms with Crippen LogP contribution in [-0.4, -0.2) is 36.6 Å². The van der Waals surface area contributed by atoms with Crippen molar-refractivity contribution < 1.29 is 19.1 Å². The molecule has 1 heterocycles. The van der Waals surface area contributed by atoms with Gasteiger partial charge in [-0.1, -0.05) is 36.4 Å². The number of methoxy groups -OCH3 is 1. The van der Waals surface area contributed by atoms with Gasteiger partial charge in [0.25, 0.3) is 5.91 Å². The number of para-hydroxylation sites is 2. The Morgan fingerprint density at radius 3 is 2.63 bits per heavy atom. The van der Waals surface area contributed by atoms with Gasteiger partial charge in [-0.2, -0.15) is 0 Å². The highest BCUT2D eigenvalue weighted by atomic mass is 16.5. The summed E-state index contributed by atoms with van der Waals surface area (Å²) < 4.78 is 10.4. The Labute approximate surface area is 157 Å². The zero-order valence-corrected chi connectivity index (χ0v) is 15.3. The van der Waals surface area contributed by atoms with Crippen LogP contribution in [-0.2, 0) is 20.7 Å². The van der Waals surface area contributed by atoms with Crippen molar-refractivity contribution in [2.24, 2.45) is 0 Å². The fourth-order valence-corrected chi connectivity index (χ4v) is 2.95. The summed E-state index contributed by atoms with van der Waals surface area (Å²) in [7, 11) is 1.31. The molecule has 0 unspecified atom stereocenters. The molecule has 0 spiro atoms. The smallest absolute Gasteiger partial charge is 0.328 e. The lowest BCUT2D eigenvalue weighted by molar-refractivity contribution is -0.145. The Bertz CT molecular complexity index is 948. The van der Waals surface area contributed by atoms with Crippen molar-refractivity contribution in [3.05, 3.63) is 65.9 Å². The highest BCUT2D eigenvalue weighted by Crippen LogP contribution is 2.19. The minimum atomic E-state index is -0.790. The third kappa shape index (κ3) is 4.47. The zero-order valence-electron chi connectivity index (χ0n) is 15.3. The summed E-state index contributed by atoms with van der Waals surface area (Å²) in [4.78, 5) is 27.6. The number of aromatic amines is 1. The average molecular weight is 366 g/mol. The number of benzene rings is 2. The number of ether oxygens (including phenoxy) is 2. The third-order valence-corrected chi connectivity index (χ3v) is 4.37. The predicted molar refractivity (Wildman–Crippen MR) is 103 cm³/mol. The first-order valence-corrected chi connectivity index (χ1v) is 8.69. The van der Waals surface area contributed by atoms with Crippen LogP contribution >= 0.6 is 0 Å². The monoisotopic (exact) mass is 366 g/mol. The van der Waals surface area contributed by atoms with E-state index in [0.717, 1.165) is 22.0 Å². The molecular formula is C21H22N2O4. The summed E-state index contributed by atoms with van der Waals surface area (Å²) in [6.07, 6.45) is 2.17. The van der Waals surface area contributed by atoms with E-state index < -0.39 is 12.0 Å². The first-order chi connectivity index (χ1) is 13.1. The van der Waals surface area contributed by atoms with Gasteiger partial charge in [0.05, 0.1) is 7.11 Å². The molecule has 0 aliphatic rings. The van der Waals surface area contributed by atoms with Crippen molar-refractivity contribution in [1.29, 1.82) is 0 Å². The number of aryl methyl sites for hydroxylation is 1. The van der Waals surface area contributed by atoms with Gasteiger partial charge in [0.15, 0.2) is 6.61 Å². The molecule has 3 aromatic rings. The van der Waals surface area contributed by atoms with E-state index >= 15 is 0 Å². The van der Waals surface area contributed by atoms with Crippen molar-refractivity contribution in [2.45, 2.75) is 19.4 Å². The molecule has 0 radical (unpaired) electrons. The summed E-state index contributed by atoms with van der Waals surface area (Å²) in [6.45, 7) is 1.73. The second kappa shape index (κ2) is 8.40. The van der Waals surface area contributed by atoms with Crippen LogP contribution in [0.2, 0.25) is 0 Å². The number of H-pyrrole nitrogens is 1. The van der Waals surface area contributed by atoms with E-state index in [9.17, 15) is 9.59 Å². The van der Waals surface area contributed by atoms with Crippen LogP contribution < -0.4 is 10.1 Å². The van der Waals surface area contributed by atoms with Crippen LogP contribution in [0.25, 0.3) is 10.9 Å². The van der Waals surface area contributed by atoms with E-state index in [4.69, 9.17) is 9.47 Å². The van der Waals surface area contributed by atoms with Crippen LogP contribution in [0.15, 0.2) is 54.7 Å². The van der Waals surface area contributed by atoms with Gasteiger partial charge in [-0.25, -0.2) is 4.79 Å². The van der Waals surface area contributed by atoms with Crippen molar-refractivity contribution >= 4 is 22.8 Å². The van der Waals surface area contributed by atoms with Gasteiger partial charge in [-0.15, -0.1) is 0 Å². The lowest BCUT2D eigenvalue weighted by Gasteiger charge is -2.17. The molecule has 3 rings (SSSR count). The number of rotatable bonds is 7. The van der Waals surface area contributed by atoms with Gasteiger partial charge < -0.3 is 19.8 Å². The van der Waals surface area contributed by atoms with E-state index in [0.29, 0.717) is 12.2 Å². The maximum absolute atomic E-state index is 12.3. The number of amides is 1. The minimum Gasteiger partial charge on any atom is -0.484 e. The molecule has 0 bridgehead atoms. The molecule has 0 saturated carbocycles. The Balaban J connectivity index is 1.67. The summed E-state index contributed by atoms with van der Waals surface area (Å²) in [6, 6.07) is 14.5. The molecule has 1 amide bonds. The summed E-state index contributed by atoms with van der Waals surface area (Å²) >= 11 is 0. The molecule has 6 nitrogen and oxygen atoms in total. The van der Waals surface area contributed by atoms with Crippen LogP contribution in [0.5, 0.6) is 5.75 Å². The quantitative estimate of drug-likeness (QED) is 0.630. The molecule has 0 aliphatic carbocycles. The highest BCUT2D eigenvalue weighted by molar-refractivity contribution is 5.87. The number of carbonyl (C=O) groups excluding carboxylic acids is 2. The predicted octanol–water partition coefficient (Wildman–Crippen LogP) is 2.76. The number of carbonyl (C=O) groups is 2. The number of aromatic nitrogens is 1. The SMILES string of the molecule is COC(=O)[C@@H](Cc1c[nH]c2ccccc12)NC(=O)COc1ccccc1C. The molecule has 140 valence electrons. The fraction of sp³-hybridized carbons (Fsp3) is 0.238. The second-order valence-corrected chi connectivity index (χ2v) is 6.26. The number of nitrogens with one attached hydrogen (secondary N) is 2. The number of esters is 1. The summed E-state index contributed by atoms with van der Waals surface area (Å²) in [5, 5.41) is 3.72. The van der Waals surface area contributed by atoms with E-state index in [1.165, 1.54) is 7.11 Å². The Kier molecular flexibility index (Phi) is 5.76. The largest absolute Gasteiger partial charge is 0.484 e. The normalized spacial score (nSPS) is 11.8. The first kappa shape index (κ1) is 18.5. The second-order valence-electron chi connectivity index (χ2n) is 6.26. The Morgan fingerprint density at radius 2 is 1.85 bits per heavy atom. The van der Waals surface area contributed by atoms with E-state index in [1.807, 2.05) is 55.6 Å². The Morgan fingerprint density at radius 1 is 1.11 bits per heavy atom. The molecular weight excluding hydrogens is 344 g/mol. The van der Waals surface area contributed by atoms with Crippen LogP contribution in [0.3, 0.4) is 0 Å². The Hall–Kier alpha value is -3.28. The summed E-state index contributed by atoms with van der Waals surface area (Å²) in [5.41, 5.74) is 2.85. The van der Waals surface area contributed by atoms with Crippen LogP contribution in [0, 0.1) is 6.92 Å². The van der Waals surface area contributed by atoms with Crippen molar-refractivity contribution in [2.75, 3.05) is 13.7 Å². The molecule has 0 saturated heterocycles. The topological polar surface area (TPSA) is 80.4 Å². The van der Waals surface area contributed by atoms with Crippen LogP contribution in [0.1, 0.15) is 11.1 Å². The first-order valence-electron chi connectivity index (χ1n) is 8.69. The molecule has 0 fully saturated rings. The number of hydrogen-bond donors (Lipinski definition) is 2. The van der Waals surface area contributed by atoms with Gasteiger partial charge in [0.1, 0.15) is 11.8 Å². The van der Waals surface area contributed by atoms with Crippen molar-refractivity contribution in [3.8, 4) is 5.75 Å². The standard InChI is InChI=1S/C21H22N2O4/c1-14-7-3-6-10-19(14)27-13-20(24)23-18(21(25)26-2)11-15-12-22-17-9-5-4-8-16(15)17/h3-10,12,18,22H,11,13H2,1-2H3,(H,23,24)/t18-/m1/s1. The van der Waals surface area contributed by atoms with Gasteiger partial charge in [-0.3, -0.25) is 4.79 Å². The molecule has 6 heteroatoms. The van der Waals surface area contributed by atoms with E-state index in [1.54, 1.807) is 6.07 Å². The molecule has 2 N–H and O–H groups in total. The van der Waals surface area contributed by atoms with Crippen LogP contribution in [0.4, 0.5) is 0 Å². The highest BCUT2D eigenvalue weighted by Gasteiger charge is 2.23. The molecule has 1 aromatic heterocycles. The number of hydrogen-bond acceptors (Lipinski definition) is 4. The lowest BCUT2D eigenvalue weighted by Crippen LogP contribution is -2.44. The van der Waals surface area contributed by atoms with Gasteiger partial charge in [0, 0.05) is 23.5 Å². The molecule has 27 heavy (non-hydrogen) atoms. The van der Waals surface area contributed by atoms with E-state index in [-0.39, 0.29) is 12.5 Å². The minimum absolute atomic E-state index is 0.174. The van der Waals surface area contributed by atoms with Crippen molar-refractivity contribution in [1.82, 2.24) is 10.3 Å². The molecule has 1 atom stereocenters. The van der Waals surface area contributed by atoms with E-state index in [2.05, 4.69) is 10.3 Å².